The molecule has 0 fully saturated rings. The zero-order valence-electron chi connectivity index (χ0n) is 16.0. The number of aliphatic imine (C=N–C) groups is 1. The van der Waals surface area contributed by atoms with Gasteiger partial charge in [-0.3, -0.25) is 9.89 Å². The number of aromatic amines is 1. The fourth-order valence-corrected chi connectivity index (χ4v) is 2.47. The first-order chi connectivity index (χ1) is 13.9. The number of hydrogen-bond acceptors (Lipinski definition) is 2. The Morgan fingerprint density at radius 1 is 1.10 bits per heavy atom. The van der Waals surface area contributed by atoms with Crippen molar-refractivity contribution in [1.82, 2.24) is 15.5 Å². The van der Waals surface area contributed by atoms with Gasteiger partial charge >= 0.3 is 0 Å². The number of guanidine groups is 1. The summed E-state index contributed by atoms with van der Waals surface area (Å²) >= 11 is 0. The second kappa shape index (κ2) is 9.09. The average Bonchev–Trinajstić information content (AvgIpc) is 3.17. The van der Waals surface area contributed by atoms with E-state index in [9.17, 15) is 13.6 Å². The van der Waals surface area contributed by atoms with Crippen LogP contribution in [0.1, 0.15) is 30.6 Å². The Labute approximate surface area is 167 Å². The molecule has 0 saturated carbocycles. The number of carbonyl (C=O) groups excluding carboxylic acids is 1. The SMILES string of the molecule is CCC(C)N/C(=N/C(=O)c1ccc(F)cc1)Nc1cc(-c2ccc(F)cc2)n[nH]1. The quantitative estimate of drug-likeness (QED) is 0.442. The van der Waals surface area contributed by atoms with E-state index in [0.717, 1.165) is 12.0 Å². The molecule has 2 aromatic carbocycles. The third kappa shape index (κ3) is 5.47. The van der Waals surface area contributed by atoms with Gasteiger partial charge in [-0.15, -0.1) is 0 Å². The molecule has 1 aromatic heterocycles. The van der Waals surface area contributed by atoms with Crippen LogP contribution in [0.15, 0.2) is 59.6 Å². The summed E-state index contributed by atoms with van der Waals surface area (Å²) in [6, 6.07) is 12.9. The summed E-state index contributed by atoms with van der Waals surface area (Å²) in [5.41, 5.74) is 1.62. The van der Waals surface area contributed by atoms with Crippen LogP contribution in [0.3, 0.4) is 0 Å². The molecule has 3 aromatic rings. The number of nitrogens with zero attached hydrogens (tertiary/aromatic N) is 2. The largest absolute Gasteiger partial charge is 0.353 e. The molecule has 1 atom stereocenters. The van der Waals surface area contributed by atoms with Gasteiger partial charge in [-0.2, -0.15) is 10.1 Å². The molecule has 0 aliphatic heterocycles. The molecule has 8 heteroatoms. The Balaban J connectivity index is 1.81. The maximum absolute atomic E-state index is 13.1. The average molecular weight is 397 g/mol. The number of nitrogens with one attached hydrogen (secondary N) is 3. The van der Waals surface area contributed by atoms with Crippen molar-refractivity contribution in [3.05, 3.63) is 71.8 Å². The Hall–Kier alpha value is -3.55. The fourth-order valence-electron chi connectivity index (χ4n) is 2.47. The van der Waals surface area contributed by atoms with Gasteiger partial charge in [-0.1, -0.05) is 6.92 Å². The predicted molar refractivity (Wildman–Crippen MR) is 109 cm³/mol. The van der Waals surface area contributed by atoms with E-state index in [2.05, 4.69) is 25.8 Å². The van der Waals surface area contributed by atoms with Gasteiger partial charge in [-0.05, 0) is 61.9 Å². The third-order valence-corrected chi connectivity index (χ3v) is 4.27. The van der Waals surface area contributed by atoms with Crippen LogP contribution in [0.2, 0.25) is 0 Å². The maximum Gasteiger partial charge on any atom is 0.280 e. The molecule has 1 heterocycles. The van der Waals surface area contributed by atoms with Crippen molar-refractivity contribution in [3.8, 4) is 11.3 Å². The van der Waals surface area contributed by atoms with Crippen LogP contribution in [-0.4, -0.2) is 28.1 Å². The van der Waals surface area contributed by atoms with Crippen LogP contribution in [0.4, 0.5) is 14.6 Å². The molecule has 29 heavy (non-hydrogen) atoms. The van der Waals surface area contributed by atoms with Crippen molar-refractivity contribution in [2.24, 2.45) is 4.99 Å². The lowest BCUT2D eigenvalue weighted by molar-refractivity contribution is 0.100. The Morgan fingerprint density at radius 2 is 1.72 bits per heavy atom. The highest BCUT2D eigenvalue weighted by Crippen LogP contribution is 2.20. The minimum atomic E-state index is -0.512. The van der Waals surface area contributed by atoms with E-state index in [0.29, 0.717) is 11.5 Å². The summed E-state index contributed by atoms with van der Waals surface area (Å²) in [6.45, 7) is 3.95. The zero-order valence-corrected chi connectivity index (χ0v) is 16.0. The number of benzene rings is 2. The van der Waals surface area contributed by atoms with Crippen LogP contribution in [0, 0.1) is 11.6 Å². The second-order valence-corrected chi connectivity index (χ2v) is 6.52. The molecule has 3 N–H and O–H groups in total. The summed E-state index contributed by atoms with van der Waals surface area (Å²) in [6.07, 6.45) is 0.815. The van der Waals surface area contributed by atoms with Gasteiger partial charge in [-0.25, -0.2) is 8.78 Å². The van der Waals surface area contributed by atoms with E-state index in [1.54, 1.807) is 18.2 Å². The molecule has 0 spiro atoms. The lowest BCUT2D eigenvalue weighted by Crippen LogP contribution is -2.38. The second-order valence-electron chi connectivity index (χ2n) is 6.52. The van der Waals surface area contributed by atoms with Gasteiger partial charge in [0, 0.05) is 23.2 Å². The van der Waals surface area contributed by atoms with Crippen LogP contribution in [0.25, 0.3) is 11.3 Å². The summed E-state index contributed by atoms with van der Waals surface area (Å²) in [5, 5.41) is 13.2. The molecule has 1 amide bonds. The lowest BCUT2D eigenvalue weighted by atomic mass is 10.1. The third-order valence-electron chi connectivity index (χ3n) is 4.27. The van der Waals surface area contributed by atoms with Crippen LogP contribution < -0.4 is 10.6 Å². The van der Waals surface area contributed by atoms with Crippen molar-refractivity contribution in [1.29, 1.82) is 0 Å². The van der Waals surface area contributed by atoms with E-state index in [1.165, 1.54) is 36.4 Å². The number of rotatable bonds is 5. The van der Waals surface area contributed by atoms with Crippen molar-refractivity contribution in [2.45, 2.75) is 26.3 Å². The van der Waals surface area contributed by atoms with Crippen LogP contribution >= 0.6 is 0 Å². The number of hydrogen-bond donors (Lipinski definition) is 3. The minimum absolute atomic E-state index is 0.0572. The number of amides is 1. The van der Waals surface area contributed by atoms with E-state index < -0.39 is 11.7 Å². The topological polar surface area (TPSA) is 82.2 Å². The predicted octanol–water partition coefficient (Wildman–Crippen LogP) is 4.35. The van der Waals surface area contributed by atoms with E-state index in [-0.39, 0.29) is 23.4 Å². The highest BCUT2D eigenvalue weighted by molar-refractivity contribution is 6.06. The molecular weight excluding hydrogens is 376 g/mol. The van der Waals surface area contributed by atoms with Crippen LogP contribution in [-0.2, 0) is 0 Å². The molecular formula is C21H21F2N5O. The number of aromatic nitrogens is 2. The molecule has 0 saturated heterocycles. The van der Waals surface area contributed by atoms with Crippen molar-refractivity contribution in [2.75, 3.05) is 5.32 Å². The molecule has 0 bridgehead atoms. The van der Waals surface area contributed by atoms with Crippen LogP contribution in [0.5, 0.6) is 0 Å². The summed E-state index contributed by atoms with van der Waals surface area (Å²) in [7, 11) is 0. The number of carbonyl (C=O) groups is 1. The highest BCUT2D eigenvalue weighted by Gasteiger charge is 2.12. The molecule has 150 valence electrons. The van der Waals surface area contributed by atoms with E-state index in [4.69, 9.17) is 0 Å². The van der Waals surface area contributed by atoms with Gasteiger partial charge in [0.25, 0.3) is 5.91 Å². The number of H-pyrrole nitrogens is 1. The van der Waals surface area contributed by atoms with Crippen molar-refractivity contribution >= 4 is 17.7 Å². The monoisotopic (exact) mass is 397 g/mol. The van der Waals surface area contributed by atoms with Crippen molar-refractivity contribution < 1.29 is 13.6 Å². The summed E-state index contributed by atoms with van der Waals surface area (Å²) < 4.78 is 26.2. The van der Waals surface area contributed by atoms with Gasteiger partial charge < -0.3 is 10.6 Å². The van der Waals surface area contributed by atoms with Gasteiger partial charge in [0.1, 0.15) is 17.5 Å². The lowest BCUT2D eigenvalue weighted by Gasteiger charge is -2.15. The minimum Gasteiger partial charge on any atom is -0.353 e. The molecule has 6 nitrogen and oxygen atoms in total. The Morgan fingerprint density at radius 3 is 2.34 bits per heavy atom. The standard InChI is InChI=1S/C21H21F2N5O/c1-3-13(2)24-21(26-20(29)15-6-10-17(23)11-7-15)25-19-12-18(27-28-19)14-4-8-16(22)9-5-14/h4-13H,3H2,1-2H3,(H3,24,25,26,27,28,29). The maximum atomic E-state index is 13.1. The smallest absolute Gasteiger partial charge is 0.280 e. The first kappa shape index (κ1) is 20.2. The molecule has 0 aliphatic rings. The van der Waals surface area contributed by atoms with Gasteiger partial charge in [0.15, 0.2) is 0 Å². The molecule has 1 unspecified atom stereocenters. The first-order valence-electron chi connectivity index (χ1n) is 9.18. The van der Waals surface area contributed by atoms with Gasteiger partial charge in [0.05, 0.1) is 5.69 Å². The Kier molecular flexibility index (Phi) is 6.33. The summed E-state index contributed by atoms with van der Waals surface area (Å²) in [5.74, 6) is -0.517. The molecule has 0 aliphatic carbocycles. The zero-order chi connectivity index (χ0) is 20.8. The highest BCUT2D eigenvalue weighted by atomic mass is 19.1. The fraction of sp³-hybridized carbons (Fsp3) is 0.190. The van der Waals surface area contributed by atoms with Gasteiger partial charge in [0.2, 0.25) is 5.96 Å². The molecule has 3 rings (SSSR count). The van der Waals surface area contributed by atoms with Crippen molar-refractivity contribution in [3.63, 3.8) is 0 Å². The normalized spacial score (nSPS) is 12.5. The van der Waals surface area contributed by atoms with E-state index >= 15 is 0 Å². The number of anilines is 1. The first-order valence-corrected chi connectivity index (χ1v) is 9.18. The number of halogens is 2. The summed E-state index contributed by atoms with van der Waals surface area (Å²) in [4.78, 5) is 16.5. The molecule has 0 radical (unpaired) electrons. The van der Waals surface area contributed by atoms with E-state index in [1.807, 2.05) is 13.8 Å². The Bertz CT molecular complexity index is 997.